The lowest BCUT2D eigenvalue weighted by molar-refractivity contribution is 0.161. The van der Waals surface area contributed by atoms with E-state index < -0.39 is 0 Å². The van der Waals surface area contributed by atoms with Crippen LogP contribution in [0.5, 0.6) is 0 Å². The average Bonchev–Trinajstić information content (AvgIpc) is 3.02. The van der Waals surface area contributed by atoms with Crippen molar-refractivity contribution in [1.29, 1.82) is 0 Å². The predicted octanol–water partition coefficient (Wildman–Crippen LogP) is 2.96. The summed E-state index contributed by atoms with van der Waals surface area (Å²) in [6.45, 7) is 3.95. The van der Waals surface area contributed by atoms with Crippen LogP contribution in [0.4, 0.5) is 0 Å². The monoisotopic (exact) mass is 335 g/mol. The van der Waals surface area contributed by atoms with E-state index in [2.05, 4.69) is 44.7 Å². The molecule has 2 N–H and O–H groups in total. The fourth-order valence-electron chi connectivity index (χ4n) is 3.89. The van der Waals surface area contributed by atoms with Crippen LogP contribution in [0.1, 0.15) is 25.0 Å². The summed E-state index contributed by atoms with van der Waals surface area (Å²) in [5.74, 6) is 1.49. The minimum atomic E-state index is 0.719. The third-order valence-electron chi connectivity index (χ3n) is 5.10. The van der Waals surface area contributed by atoms with Crippen LogP contribution >= 0.6 is 0 Å². The third kappa shape index (κ3) is 3.43. The summed E-state index contributed by atoms with van der Waals surface area (Å²) in [5.41, 5.74) is 9.19. The van der Waals surface area contributed by atoms with E-state index in [0.29, 0.717) is 0 Å². The number of piperidine rings is 1. The number of fused-ring (bicyclic) bond motifs is 1. The highest BCUT2D eigenvalue weighted by molar-refractivity contribution is 5.65. The number of likely N-dealkylation sites (tertiary alicyclic amines) is 1. The van der Waals surface area contributed by atoms with Crippen molar-refractivity contribution >= 4 is 5.78 Å². The van der Waals surface area contributed by atoms with Crippen molar-refractivity contribution in [2.75, 3.05) is 19.6 Å². The van der Waals surface area contributed by atoms with Crippen LogP contribution in [0, 0.1) is 5.92 Å². The molecule has 5 nitrogen and oxygen atoms in total. The second-order valence-corrected chi connectivity index (χ2v) is 6.88. The highest BCUT2D eigenvalue weighted by Gasteiger charge is 2.22. The Morgan fingerprint density at radius 1 is 1.16 bits per heavy atom. The van der Waals surface area contributed by atoms with E-state index in [-0.39, 0.29) is 0 Å². The molecule has 1 atom stereocenters. The maximum atomic E-state index is 5.77. The fraction of sp³-hybridized carbons (Fsp3) is 0.400. The second kappa shape index (κ2) is 7.33. The van der Waals surface area contributed by atoms with Crippen molar-refractivity contribution in [2.45, 2.75) is 25.8 Å². The number of hydrogen-bond donors (Lipinski definition) is 1. The Bertz CT molecular complexity index is 824. The molecule has 25 heavy (non-hydrogen) atoms. The Kier molecular flexibility index (Phi) is 4.76. The first kappa shape index (κ1) is 16.2. The molecule has 130 valence electrons. The zero-order valence-corrected chi connectivity index (χ0v) is 14.5. The van der Waals surface area contributed by atoms with Gasteiger partial charge in [-0.3, -0.25) is 9.30 Å². The molecule has 1 aliphatic rings. The molecule has 4 rings (SSSR count). The van der Waals surface area contributed by atoms with Crippen LogP contribution in [0.3, 0.4) is 0 Å². The maximum Gasteiger partial charge on any atom is 0.234 e. The number of rotatable bonds is 5. The van der Waals surface area contributed by atoms with Gasteiger partial charge in [-0.2, -0.15) is 0 Å². The van der Waals surface area contributed by atoms with Gasteiger partial charge in [0.15, 0.2) is 0 Å². The van der Waals surface area contributed by atoms with Crippen LogP contribution in [-0.2, 0) is 6.54 Å². The lowest BCUT2D eigenvalue weighted by atomic mass is 9.94. The van der Waals surface area contributed by atoms with Gasteiger partial charge in [-0.25, -0.2) is 9.97 Å². The fourth-order valence-corrected chi connectivity index (χ4v) is 3.89. The van der Waals surface area contributed by atoms with Gasteiger partial charge < -0.3 is 5.73 Å². The molecule has 2 aromatic heterocycles. The zero-order chi connectivity index (χ0) is 17.1. The predicted molar refractivity (Wildman–Crippen MR) is 100 cm³/mol. The van der Waals surface area contributed by atoms with E-state index >= 15 is 0 Å². The summed E-state index contributed by atoms with van der Waals surface area (Å²) in [4.78, 5) is 11.8. The molecular formula is C20H25N5. The number of aromatic nitrogens is 3. The average molecular weight is 335 g/mol. The van der Waals surface area contributed by atoms with Gasteiger partial charge in [0.05, 0.1) is 11.4 Å². The smallest absolute Gasteiger partial charge is 0.234 e. The Balaban J connectivity index is 1.68. The highest BCUT2D eigenvalue weighted by atomic mass is 15.2. The molecule has 1 aromatic carbocycles. The summed E-state index contributed by atoms with van der Waals surface area (Å²) in [6, 6.07) is 12.4. The van der Waals surface area contributed by atoms with Gasteiger partial charge in [-0.1, -0.05) is 30.3 Å². The molecule has 1 aliphatic heterocycles. The third-order valence-corrected chi connectivity index (χ3v) is 5.10. The lowest BCUT2D eigenvalue weighted by Crippen LogP contribution is -2.36. The van der Waals surface area contributed by atoms with Crippen molar-refractivity contribution in [3.63, 3.8) is 0 Å². The van der Waals surface area contributed by atoms with Crippen molar-refractivity contribution in [1.82, 2.24) is 19.3 Å². The van der Waals surface area contributed by atoms with Crippen molar-refractivity contribution in [3.05, 3.63) is 54.5 Å². The minimum absolute atomic E-state index is 0.719. The van der Waals surface area contributed by atoms with Gasteiger partial charge in [0, 0.05) is 31.0 Å². The Hall–Kier alpha value is -2.24. The first-order valence-corrected chi connectivity index (χ1v) is 9.15. The van der Waals surface area contributed by atoms with Crippen LogP contribution in [0.25, 0.3) is 17.0 Å². The molecular weight excluding hydrogens is 310 g/mol. The van der Waals surface area contributed by atoms with Gasteiger partial charge in [-0.05, 0) is 44.3 Å². The number of hydrogen-bond acceptors (Lipinski definition) is 4. The summed E-state index contributed by atoms with van der Waals surface area (Å²) in [5, 5.41) is 0. The Morgan fingerprint density at radius 3 is 2.88 bits per heavy atom. The molecule has 3 heterocycles. The van der Waals surface area contributed by atoms with E-state index in [1.54, 1.807) is 6.20 Å². The maximum absolute atomic E-state index is 5.77. The molecule has 1 saturated heterocycles. The molecule has 1 fully saturated rings. The molecule has 0 saturated carbocycles. The van der Waals surface area contributed by atoms with Crippen molar-refractivity contribution < 1.29 is 0 Å². The van der Waals surface area contributed by atoms with E-state index in [4.69, 9.17) is 10.7 Å². The SMILES string of the molecule is NCCC1CCCN(Cc2c(-c3ccccc3)nc3ncccn23)C1. The van der Waals surface area contributed by atoms with Crippen LogP contribution in [0.2, 0.25) is 0 Å². The molecule has 0 spiro atoms. The second-order valence-electron chi connectivity index (χ2n) is 6.88. The van der Waals surface area contributed by atoms with Crippen LogP contribution in [0.15, 0.2) is 48.8 Å². The van der Waals surface area contributed by atoms with Gasteiger partial charge in [0.1, 0.15) is 0 Å². The van der Waals surface area contributed by atoms with Gasteiger partial charge in [0.25, 0.3) is 0 Å². The van der Waals surface area contributed by atoms with Crippen molar-refractivity contribution in [3.8, 4) is 11.3 Å². The summed E-state index contributed by atoms with van der Waals surface area (Å²) < 4.78 is 2.13. The first-order valence-electron chi connectivity index (χ1n) is 9.15. The Labute approximate surface area is 148 Å². The standard InChI is InChI=1S/C20H25N5/c21-10-9-16-6-4-12-24(14-16)15-18-19(17-7-2-1-3-8-17)23-20-22-11-5-13-25(18)20/h1-3,5,7-8,11,13,16H,4,6,9-10,12,14-15,21H2. The summed E-state index contributed by atoms with van der Waals surface area (Å²) in [7, 11) is 0. The molecule has 0 bridgehead atoms. The van der Waals surface area contributed by atoms with Gasteiger partial charge in [0.2, 0.25) is 5.78 Å². The number of benzene rings is 1. The molecule has 3 aromatic rings. The van der Waals surface area contributed by atoms with Crippen LogP contribution < -0.4 is 5.73 Å². The summed E-state index contributed by atoms with van der Waals surface area (Å²) in [6.07, 6.45) is 7.54. The number of nitrogens with zero attached hydrogens (tertiary/aromatic N) is 4. The van der Waals surface area contributed by atoms with E-state index in [0.717, 1.165) is 55.6 Å². The molecule has 5 heteroatoms. The lowest BCUT2D eigenvalue weighted by Gasteiger charge is -2.32. The van der Waals surface area contributed by atoms with E-state index in [1.165, 1.54) is 18.5 Å². The Morgan fingerprint density at radius 2 is 2.04 bits per heavy atom. The molecule has 0 radical (unpaired) electrons. The topological polar surface area (TPSA) is 59.5 Å². The van der Waals surface area contributed by atoms with E-state index in [9.17, 15) is 0 Å². The molecule has 0 amide bonds. The molecule has 0 aliphatic carbocycles. The highest BCUT2D eigenvalue weighted by Crippen LogP contribution is 2.27. The normalized spacial score (nSPS) is 18.7. The quantitative estimate of drug-likeness (QED) is 0.779. The van der Waals surface area contributed by atoms with Gasteiger partial charge in [-0.15, -0.1) is 0 Å². The number of imidazole rings is 1. The number of nitrogens with two attached hydrogens (primary N) is 1. The zero-order valence-electron chi connectivity index (χ0n) is 14.5. The first-order chi connectivity index (χ1) is 12.3. The van der Waals surface area contributed by atoms with Crippen molar-refractivity contribution in [2.24, 2.45) is 11.7 Å². The van der Waals surface area contributed by atoms with Crippen LogP contribution in [-0.4, -0.2) is 38.9 Å². The summed E-state index contributed by atoms with van der Waals surface area (Å²) >= 11 is 0. The van der Waals surface area contributed by atoms with Gasteiger partial charge >= 0.3 is 0 Å². The molecule has 1 unspecified atom stereocenters. The minimum Gasteiger partial charge on any atom is -0.330 e. The largest absolute Gasteiger partial charge is 0.330 e. The van der Waals surface area contributed by atoms with E-state index in [1.807, 2.05) is 12.1 Å².